The average molecular weight is 313 g/mol. The van der Waals surface area contributed by atoms with Crippen LogP contribution in [0.1, 0.15) is 19.3 Å². The van der Waals surface area contributed by atoms with Gasteiger partial charge in [0.2, 0.25) is 5.91 Å². The van der Waals surface area contributed by atoms with Crippen LogP contribution in [0.25, 0.3) is 0 Å². The SMILES string of the molecule is O=C(O)C1CCCC1C(=O)Nc1ccc(Br)cn1. The molecular weight excluding hydrogens is 300 g/mol. The third-order valence-corrected chi connectivity index (χ3v) is 3.62. The molecule has 0 radical (unpaired) electrons. The van der Waals surface area contributed by atoms with E-state index in [1.165, 1.54) is 0 Å². The third kappa shape index (κ3) is 2.87. The number of hydrogen-bond acceptors (Lipinski definition) is 3. The molecule has 1 aromatic rings. The number of aliphatic carboxylic acids is 1. The van der Waals surface area contributed by atoms with Crippen LogP contribution in [-0.4, -0.2) is 22.0 Å². The Kier molecular flexibility index (Phi) is 3.96. The Morgan fingerprint density at radius 1 is 1.33 bits per heavy atom. The number of carbonyl (C=O) groups excluding carboxylic acids is 1. The first-order valence-electron chi connectivity index (χ1n) is 5.73. The van der Waals surface area contributed by atoms with E-state index in [4.69, 9.17) is 5.11 Å². The first-order chi connectivity index (χ1) is 8.58. The van der Waals surface area contributed by atoms with Crippen LogP contribution in [0.2, 0.25) is 0 Å². The summed E-state index contributed by atoms with van der Waals surface area (Å²) in [6, 6.07) is 3.44. The summed E-state index contributed by atoms with van der Waals surface area (Å²) in [4.78, 5) is 27.0. The quantitative estimate of drug-likeness (QED) is 0.897. The molecule has 0 aromatic carbocycles. The van der Waals surface area contributed by atoms with Crippen LogP contribution >= 0.6 is 15.9 Å². The van der Waals surface area contributed by atoms with Gasteiger partial charge in [-0.15, -0.1) is 0 Å². The lowest BCUT2D eigenvalue weighted by Crippen LogP contribution is -2.30. The van der Waals surface area contributed by atoms with E-state index in [0.29, 0.717) is 18.7 Å². The van der Waals surface area contributed by atoms with Crippen molar-refractivity contribution in [2.24, 2.45) is 11.8 Å². The summed E-state index contributed by atoms with van der Waals surface area (Å²) < 4.78 is 0.824. The van der Waals surface area contributed by atoms with Gasteiger partial charge in [0.1, 0.15) is 5.82 Å². The van der Waals surface area contributed by atoms with E-state index >= 15 is 0 Å². The maximum atomic E-state index is 12.0. The normalized spacial score (nSPS) is 22.7. The molecule has 2 N–H and O–H groups in total. The van der Waals surface area contributed by atoms with Gasteiger partial charge in [-0.25, -0.2) is 4.98 Å². The molecule has 1 amide bonds. The number of halogens is 1. The number of amides is 1. The Balaban J connectivity index is 2.03. The fourth-order valence-corrected chi connectivity index (χ4v) is 2.47. The van der Waals surface area contributed by atoms with Gasteiger partial charge in [-0.1, -0.05) is 6.42 Å². The number of hydrogen-bond donors (Lipinski definition) is 2. The first-order valence-corrected chi connectivity index (χ1v) is 6.52. The van der Waals surface area contributed by atoms with Crippen LogP contribution in [0, 0.1) is 11.8 Å². The summed E-state index contributed by atoms with van der Waals surface area (Å²) in [6.45, 7) is 0. The number of carboxylic acid groups (broad SMARTS) is 1. The number of carbonyl (C=O) groups is 2. The summed E-state index contributed by atoms with van der Waals surface area (Å²) in [5, 5.41) is 11.7. The zero-order valence-corrected chi connectivity index (χ0v) is 11.2. The van der Waals surface area contributed by atoms with E-state index < -0.39 is 17.8 Å². The van der Waals surface area contributed by atoms with Crippen molar-refractivity contribution in [2.75, 3.05) is 5.32 Å². The zero-order chi connectivity index (χ0) is 13.1. The Hall–Kier alpha value is -1.43. The van der Waals surface area contributed by atoms with Crippen LogP contribution in [0.3, 0.4) is 0 Å². The molecule has 1 aliphatic rings. The van der Waals surface area contributed by atoms with Crippen molar-refractivity contribution < 1.29 is 14.7 Å². The molecule has 0 saturated heterocycles. The zero-order valence-electron chi connectivity index (χ0n) is 9.60. The minimum Gasteiger partial charge on any atom is -0.481 e. The smallest absolute Gasteiger partial charge is 0.307 e. The number of pyridine rings is 1. The molecule has 18 heavy (non-hydrogen) atoms. The topological polar surface area (TPSA) is 79.3 Å². The van der Waals surface area contributed by atoms with Gasteiger partial charge in [-0.05, 0) is 40.9 Å². The lowest BCUT2D eigenvalue weighted by Gasteiger charge is -2.15. The minimum absolute atomic E-state index is 0.255. The number of nitrogens with one attached hydrogen (secondary N) is 1. The molecule has 0 spiro atoms. The lowest BCUT2D eigenvalue weighted by molar-refractivity contribution is -0.145. The molecule has 1 aromatic heterocycles. The number of rotatable bonds is 3. The monoisotopic (exact) mass is 312 g/mol. The molecule has 1 aliphatic carbocycles. The predicted octanol–water partition coefficient (Wildman–Crippen LogP) is 2.28. The molecule has 5 nitrogen and oxygen atoms in total. The second-order valence-electron chi connectivity index (χ2n) is 4.33. The van der Waals surface area contributed by atoms with Crippen LogP contribution in [0.5, 0.6) is 0 Å². The summed E-state index contributed by atoms with van der Waals surface area (Å²) in [5.41, 5.74) is 0. The second-order valence-corrected chi connectivity index (χ2v) is 5.25. The fraction of sp³-hybridized carbons (Fsp3) is 0.417. The van der Waals surface area contributed by atoms with E-state index in [-0.39, 0.29) is 5.91 Å². The number of aromatic nitrogens is 1. The summed E-state index contributed by atoms with van der Waals surface area (Å²) >= 11 is 3.25. The van der Waals surface area contributed by atoms with Crippen molar-refractivity contribution in [1.82, 2.24) is 4.98 Å². The van der Waals surface area contributed by atoms with Gasteiger partial charge in [0.15, 0.2) is 0 Å². The number of nitrogens with zero attached hydrogens (tertiary/aromatic N) is 1. The van der Waals surface area contributed by atoms with Gasteiger partial charge in [0.05, 0.1) is 11.8 Å². The van der Waals surface area contributed by atoms with Crippen molar-refractivity contribution in [3.63, 3.8) is 0 Å². The van der Waals surface area contributed by atoms with E-state index in [9.17, 15) is 9.59 Å². The van der Waals surface area contributed by atoms with Gasteiger partial charge in [0, 0.05) is 10.7 Å². The van der Waals surface area contributed by atoms with Gasteiger partial charge < -0.3 is 10.4 Å². The molecule has 2 atom stereocenters. The predicted molar refractivity (Wildman–Crippen MR) is 69.0 cm³/mol. The Labute approximate surface area is 113 Å². The highest BCUT2D eigenvalue weighted by molar-refractivity contribution is 9.10. The molecule has 2 rings (SSSR count). The van der Waals surface area contributed by atoms with Gasteiger partial charge >= 0.3 is 5.97 Å². The van der Waals surface area contributed by atoms with Crippen molar-refractivity contribution in [2.45, 2.75) is 19.3 Å². The van der Waals surface area contributed by atoms with Gasteiger partial charge in [-0.2, -0.15) is 0 Å². The highest BCUT2D eigenvalue weighted by Crippen LogP contribution is 2.32. The average Bonchev–Trinajstić information content (AvgIpc) is 2.81. The van der Waals surface area contributed by atoms with E-state index in [1.54, 1.807) is 18.3 Å². The van der Waals surface area contributed by atoms with Crippen molar-refractivity contribution in [3.05, 3.63) is 22.8 Å². The van der Waals surface area contributed by atoms with Gasteiger partial charge in [0.25, 0.3) is 0 Å². The van der Waals surface area contributed by atoms with E-state index in [0.717, 1.165) is 10.9 Å². The molecule has 2 unspecified atom stereocenters. The maximum Gasteiger partial charge on any atom is 0.307 e. The highest BCUT2D eigenvalue weighted by Gasteiger charge is 2.37. The molecular formula is C12H13BrN2O3. The standard InChI is InChI=1S/C12H13BrN2O3/c13-7-4-5-10(14-6-7)15-11(16)8-2-1-3-9(8)12(17)18/h4-6,8-9H,1-3H2,(H,17,18)(H,14,15,16). The largest absolute Gasteiger partial charge is 0.481 e. The molecule has 1 heterocycles. The molecule has 1 fully saturated rings. The van der Waals surface area contributed by atoms with E-state index in [1.807, 2.05) is 0 Å². The molecule has 1 saturated carbocycles. The first kappa shape index (κ1) is 13.0. The molecule has 0 aliphatic heterocycles. The molecule has 0 bridgehead atoms. The summed E-state index contributed by atoms with van der Waals surface area (Å²) in [7, 11) is 0. The summed E-state index contributed by atoms with van der Waals surface area (Å²) in [5.74, 6) is -1.72. The highest BCUT2D eigenvalue weighted by atomic mass is 79.9. The summed E-state index contributed by atoms with van der Waals surface area (Å²) in [6.07, 6.45) is 3.56. The Bertz CT molecular complexity index is 461. The molecule has 96 valence electrons. The Morgan fingerprint density at radius 2 is 2.06 bits per heavy atom. The van der Waals surface area contributed by atoms with Crippen molar-refractivity contribution >= 4 is 33.6 Å². The fourth-order valence-electron chi connectivity index (χ4n) is 2.24. The maximum absolute atomic E-state index is 12.0. The van der Waals surface area contributed by atoms with Crippen LogP contribution < -0.4 is 5.32 Å². The van der Waals surface area contributed by atoms with Crippen molar-refractivity contribution in [3.8, 4) is 0 Å². The van der Waals surface area contributed by atoms with Crippen LogP contribution in [0.15, 0.2) is 22.8 Å². The van der Waals surface area contributed by atoms with Crippen LogP contribution in [0.4, 0.5) is 5.82 Å². The van der Waals surface area contributed by atoms with Crippen LogP contribution in [-0.2, 0) is 9.59 Å². The molecule has 6 heteroatoms. The Morgan fingerprint density at radius 3 is 2.67 bits per heavy atom. The third-order valence-electron chi connectivity index (χ3n) is 3.15. The van der Waals surface area contributed by atoms with Crippen molar-refractivity contribution in [1.29, 1.82) is 0 Å². The number of anilines is 1. The minimum atomic E-state index is -0.892. The lowest BCUT2D eigenvalue weighted by atomic mass is 9.95. The van der Waals surface area contributed by atoms with E-state index in [2.05, 4.69) is 26.2 Å². The number of carboxylic acids is 1. The second kappa shape index (κ2) is 5.48. The van der Waals surface area contributed by atoms with Gasteiger partial charge in [-0.3, -0.25) is 9.59 Å².